The summed E-state index contributed by atoms with van der Waals surface area (Å²) in [6, 6.07) is 2.07. The van der Waals surface area contributed by atoms with Gasteiger partial charge in [0.2, 0.25) is 0 Å². The van der Waals surface area contributed by atoms with E-state index >= 15 is 0 Å². The molecule has 4 nitrogen and oxygen atoms in total. The highest BCUT2D eigenvalue weighted by molar-refractivity contribution is 5.00. The summed E-state index contributed by atoms with van der Waals surface area (Å²) < 4.78 is 1.93. The lowest BCUT2D eigenvalue weighted by atomic mass is 10.3. The molecule has 1 heterocycles. The smallest absolute Gasteiger partial charge is 0.0492 e. The van der Waals surface area contributed by atoms with Gasteiger partial charge in [0.05, 0.1) is 0 Å². The van der Waals surface area contributed by atoms with Crippen molar-refractivity contribution in [1.82, 2.24) is 20.0 Å². The Morgan fingerprint density at radius 2 is 2.20 bits per heavy atom. The molecule has 0 spiro atoms. The summed E-state index contributed by atoms with van der Waals surface area (Å²) in [4.78, 5) is 2.21. The minimum absolute atomic E-state index is 1.03. The van der Waals surface area contributed by atoms with E-state index in [9.17, 15) is 0 Å². The van der Waals surface area contributed by atoms with Crippen molar-refractivity contribution in [2.24, 2.45) is 7.05 Å². The Balaban J connectivity index is 2.00. The zero-order valence-electron chi connectivity index (χ0n) is 10.0. The molecule has 1 aromatic rings. The van der Waals surface area contributed by atoms with Crippen molar-refractivity contribution in [3.8, 4) is 0 Å². The monoisotopic (exact) mass is 210 g/mol. The first-order valence-electron chi connectivity index (χ1n) is 5.52. The van der Waals surface area contributed by atoms with Crippen LogP contribution in [0.15, 0.2) is 12.3 Å². The van der Waals surface area contributed by atoms with Crippen LogP contribution < -0.4 is 5.32 Å². The van der Waals surface area contributed by atoms with E-state index in [4.69, 9.17) is 0 Å². The number of hydrogen-bond acceptors (Lipinski definition) is 3. The lowest BCUT2D eigenvalue weighted by molar-refractivity contribution is 0.394. The van der Waals surface area contributed by atoms with E-state index in [1.165, 1.54) is 12.1 Å². The minimum atomic E-state index is 1.03. The van der Waals surface area contributed by atoms with Crippen molar-refractivity contribution in [2.75, 3.05) is 33.7 Å². The van der Waals surface area contributed by atoms with Crippen molar-refractivity contribution in [3.63, 3.8) is 0 Å². The van der Waals surface area contributed by atoms with Gasteiger partial charge in [-0.2, -0.15) is 5.10 Å². The number of rotatable bonds is 7. The Hall–Kier alpha value is -0.870. The molecule has 1 rings (SSSR count). The topological polar surface area (TPSA) is 33.1 Å². The first kappa shape index (κ1) is 12.2. The van der Waals surface area contributed by atoms with Gasteiger partial charge in [0, 0.05) is 31.9 Å². The highest BCUT2D eigenvalue weighted by atomic mass is 15.3. The van der Waals surface area contributed by atoms with Gasteiger partial charge in [-0.3, -0.25) is 4.68 Å². The molecule has 0 atom stereocenters. The third-order valence-electron chi connectivity index (χ3n) is 2.44. The summed E-state index contributed by atoms with van der Waals surface area (Å²) in [5.41, 5.74) is 1.29. The molecule has 0 saturated carbocycles. The molecule has 0 aliphatic heterocycles. The number of nitrogens with zero attached hydrogens (tertiary/aromatic N) is 3. The molecule has 0 bridgehead atoms. The van der Waals surface area contributed by atoms with Crippen molar-refractivity contribution < 1.29 is 0 Å². The van der Waals surface area contributed by atoms with E-state index < -0.39 is 0 Å². The third kappa shape index (κ3) is 4.95. The summed E-state index contributed by atoms with van der Waals surface area (Å²) in [7, 11) is 6.20. The van der Waals surface area contributed by atoms with Crippen LogP contribution in [0.25, 0.3) is 0 Å². The molecule has 0 aliphatic rings. The molecule has 0 radical (unpaired) electrons. The van der Waals surface area contributed by atoms with Crippen LogP contribution >= 0.6 is 0 Å². The fraction of sp³-hybridized carbons (Fsp3) is 0.727. The first-order chi connectivity index (χ1) is 7.20. The minimum Gasteiger partial charge on any atom is -0.316 e. The summed E-state index contributed by atoms with van der Waals surface area (Å²) in [5, 5.41) is 7.58. The van der Waals surface area contributed by atoms with E-state index in [0.29, 0.717) is 0 Å². The normalized spacial score (nSPS) is 11.2. The molecule has 0 aromatic carbocycles. The average molecular weight is 210 g/mol. The molecule has 1 N–H and O–H groups in total. The van der Waals surface area contributed by atoms with Crippen LogP contribution in [0.5, 0.6) is 0 Å². The third-order valence-corrected chi connectivity index (χ3v) is 2.44. The SMILES string of the molecule is CN(C)CCCNCCc1ccnn1C. The molecule has 0 aliphatic carbocycles. The molecular formula is C11H22N4. The summed E-state index contributed by atoms with van der Waals surface area (Å²) in [6.07, 6.45) is 4.11. The van der Waals surface area contributed by atoms with Crippen LogP contribution in [-0.4, -0.2) is 48.4 Å². The van der Waals surface area contributed by atoms with Crippen molar-refractivity contribution in [2.45, 2.75) is 12.8 Å². The largest absolute Gasteiger partial charge is 0.316 e. The van der Waals surface area contributed by atoms with Gasteiger partial charge in [-0.05, 0) is 39.7 Å². The van der Waals surface area contributed by atoms with E-state index in [0.717, 1.165) is 26.1 Å². The number of aromatic nitrogens is 2. The number of nitrogens with one attached hydrogen (secondary N) is 1. The van der Waals surface area contributed by atoms with Gasteiger partial charge in [0.25, 0.3) is 0 Å². The number of hydrogen-bond donors (Lipinski definition) is 1. The van der Waals surface area contributed by atoms with Gasteiger partial charge < -0.3 is 10.2 Å². The van der Waals surface area contributed by atoms with Crippen LogP contribution in [0, 0.1) is 0 Å². The summed E-state index contributed by atoms with van der Waals surface area (Å²) >= 11 is 0. The molecular weight excluding hydrogens is 188 g/mol. The van der Waals surface area contributed by atoms with Gasteiger partial charge >= 0.3 is 0 Å². The Labute approximate surface area is 92.3 Å². The van der Waals surface area contributed by atoms with Gasteiger partial charge in [-0.15, -0.1) is 0 Å². The number of aryl methyl sites for hydroxylation is 1. The Kier molecular flexibility index (Phi) is 5.36. The lowest BCUT2D eigenvalue weighted by Gasteiger charge is -2.09. The fourth-order valence-corrected chi connectivity index (χ4v) is 1.51. The first-order valence-corrected chi connectivity index (χ1v) is 5.52. The maximum atomic E-state index is 4.14. The molecule has 1 aromatic heterocycles. The van der Waals surface area contributed by atoms with Crippen molar-refractivity contribution in [1.29, 1.82) is 0 Å². The highest BCUT2D eigenvalue weighted by Crippen LogP contribution is 1.95. The molecule has 0 saturated heterocycles. The van der Waals surface area contributed by atoms with Gasteiger partial charge in [-0.1, -0.05) is 0 Å². The molecule has 0 amide bonds. The van der Waals surface area contributed by atoms with E-state index in [-0.39, 0.29) is 0 Å². The molecule has 4 heteroatoms. The van der Waals surface area contributed by atoms with E-state index in [1.54, 1.807) is 0 Å². The van der Waals surface area contributed by atoms with Gasteiger partial charge in [-0.25, -0.2) is 0 Å². The predicted octanol–water partition coefficient (Wildman–Crippen LogP) is 0.504. The molecule has 0 unspecified atom stereocenters. The lowest BCUT2D eigenvalue weighted by Crippen LogP contribution is -2.23. The standard InChI is InChI=1S/C11H22N4/c1-14(2)10-4-7-12-8-5-11-6-9-13-15(11)3/h6,9,12H,4-5,7-8,10H2,1-3H3. The summed E-state index contributed by atoms with van der Waals surface area (Å²) in [5.74, 6) is 0. The zero-order chi connectivity index (χ0) is 11.1. The van der Waals surface area contributed by atoms with Crippen LogP contribution in [0.2, 0.25) is 0 Å². The quantitative estimate of drug-likeness (QED) is 0.665. The maximum Gasteiger partial charge on any atom is 0.0492 e. The second kappa shape index (κ2) is 6.58. The second-order valence-corrected chi connectivity index (χ2v) is 4.10. The molecule has 86 valence electrons. The van der Waals surface area contributed by atoms with Gasteiger partial charge in [0.1, 0.15) is 0 Å². The van der Waals surface area contributed by atoms with E-state index in [1.807, 2.05) is 17.9 Å². The van der Waals surface area contributed by atoms with Gasteiger partial charge in [0.15, 0.2) is 0 Å². The molecule has 15 heavy (non-hydrogen) atoms. The summed E-state index contributed by atoms with van der Waals surface area (Å²) in [6.45, 7) is 3.28. The van der Waals surface area contributed by atoms with Crippen LogP contribution in [0.4, 0.5) is 0 Å². The van der Waals surface area contributed by atoms with E-state index in [2.05, 4.69) is 35.5 Å². The highest BCUT2D eigenvalue weighted by Gasteiger charge is 1.97. The van der Waals surface area contributed by atoms with Crippen molar-refractivity contribution in [3.05, 3.63) is 18.0 Å². The Bertz CT molecular complexity index is 267. The average Bonchev–Trinajstić information content (AvgIpc) is 2.57. The van der Waals surface area contributed by atoms with Crippen LogP contribution in [0.1, 0.15) is 12.1 Å². The van der Waals surface area contributed by atoms with Crippen LogP contribution in [0.3, 0.4) is 0 Å². The molecule has 0 fully saturated rings. The van der Waals surface area contributed by atoms with Crippen molar-refractivity contribution >= 4 is 0 Å². The van der Waals surface area contributed by atoms with Crippen LogP contribution in [-0.2, 0) is 13.5 Å². The zero-order valence-corrected chi connectivity index (χ0v) is 10.0. The Morgan fingerprint density at radius 3 is 2.80 bits per heavy atom. The Morgan fingerprint density at radius 1 is 1.40 bits per heavy atom. The maximum absolute atomic E-state index is 4.14. The fourth-order valence-electron chi connectivity index (χ4n) is 1.51. The predicted molar refractivity (Wildman–Crippen MR) is 63.0 cm³/mol. The second-order valence-electron chi connectivity index (χ2n) is 4.10.